The first kappa shape index (κ1) is 22.2. The molecular weight excluding hydrogens is 444 g/mol. The Bertz CT molecular complexity index is 1460. The maximum atomic E-state index is 6.41. The molecule has 0 unspecified atom stereocenters. The molecule has 36 heavy (non-hydrogen) atoms. The third-order valence-electron chi connectivity index (χ3n) is 6.58. The molecule has 2 aliphatic heterocycles. The van der Waals surface area contributed by atoms with Crippen molar-refractivity contribution in [2.75, 3.05) is 6.61 Å². The largest absolute Gasteiger partial charge is 0.488 e. The fraction of sp³-hybridized carbons (Fsp3) is 0.152. The summed E-state index contributed by atoms with van der Waals surface area (Å²) in [5.74, 6) is 2.58. The summed E-state index contributed by atoms with van der Waals surface area (Å²) in [7, 11) is 0. The fourth-order valence-electron chi connectivity index (χ4n) is 4.71. The average Bonchev–Trinajstić information content (AvgIpc) is 2.92. The van der Waals surface area contributed by atoms with Crippen LogP contribution in [-0.4, -0.2) is 12.2 Å². The number of hydrogen-bond acceptors (Lipinski definition) is 3. The highest BCUT2D eigenvalue weighted by atomic mass is 16.5. The lowest BCUT2D eigenvalue weighted by atomic mass is 9.94. The number of rotatable bonds is 5. The lowest BCUT2D eigenvalue weighted by Gasteiger charge is -2.30. The van der Waals surface area contributed by atoms with Crippen molar-refractivity contribution in [2.24, 2.45) is 0 Å². The molecule has 0 amide bonds. The first-order chi connectivity index (χ1) is 17.6. The van der Waals surface area contributed by atoms with Crippen LogP contribution in [0.3, 0.4) is 0 Å². The zero-order valence-corrected chi connectivity index (χ0v) is 20.5. The molecule has 0 radical (unpaired) electrons. The Balaban J connectivity index is 1.38. The van der Waals surface area contributed by atoms with Gasteiger partial charge in [0.25, 0.3) is 0 Å². The summed E-state index contributed by atoms with van der Waals surface area (Å²) >= 11 is 0. The van der Waals surface area contributed by atoms with E-state index >= 15 is 0 Å². The quantitative estimate of drug-likeness (QED) is 0.294. The van der Waals surface area contributed by atoms with E-state index in [2.05, 4.69) is 92.7 Å². The molecule has 0 spiro atoms. The standard InChI is InChI=1S/C33H28O3/c1-33(2)18-17-29-30(36-33)16-14-26-19-27(22-35-32(26)29)28-15-13-25(24-11-7-4-8-12-24)20-31(28)34-21-23-9-5-3-6-10-23/h3-20H,21-22H2,1-2H3. The highest BCUT2D eigenvalue weighted by Gasteiger charge is 2.27. The number of ether oxygens (including phenoxy) is 3. The van der Waals surface area contributed by atoms with Crippen molar-refractivity contribution in [2.45, 2.75) is 26.1 Å². The fourth-order valence-corrected chi connectivity index (χ4v) is 4.71. The van der Waals surface area contributed by atoms with Gasteiger partial charge in [0.1, 0.15) is 36.1 Å². The second-order valence-corrected chi connectivity index (χ2v) is 9.74. The van der Waals surface area contributed by atoms with Crippen molar-refractivity contribution in [3.05, 3.63) is 119 Å². The van der Waals surface area contributed by atoms with Crippen LogP contribution in [0.4, 0.5) is 0 Å². The molecule has 0 aliphatic carbocycles. The highest BCUT2D eigenvalue weighted by molar-refractivity contribution is 5.90. The van der Waals surface area contributed by atoms with Gasteiger partial charge in [-0.1, -0.05) is 72.8 Å². The SMILES string of the molecule is CC1(C)C=Cc2c(ccc3c2OCC(c2ccc(-c4ccccc4)cc2OCc2ccccc2)=C3)O1. The topological polar surface area (TPSA) is 27.7 Å². The molecule has 0 aromatic heterocycles. The minimum Gasteiger partial charge on any atom is -0.488 e. The van der Waals surface area contributed by atoms with Gasteiger partial charge in [-0.15, -0.1) is 0 Å². The van der Waals surface area contributed by atoms with Crippen molar-refractivity contribution < 1.29 is 14.2 Å². The van der Waals surface area contributed by atoms with Crippen molar-refractivity contribution in [1.82, 2.24) is 0 Å². The maximum absolute atomic E-state index is 6.41. The van der Waals surface area contributed by atoms with E-state index in [0.29, 0.717) is 13.2 Å². The molecule has 4 aromatic carbocycles. The highest BCUT2D eigenvalue weighted by Crippen LogP contribution is 2.43. The zero-order chi connectivity index (χ0) is 24.5. The molecule has 6 rings (SSSR count). The zero-order valence-electron chi connectivity index (χ0n) is 20.5. The van der Waals surface area contributed by atoms with Gasteiger partial charge in [0.15, 0.2) is 0 Å². The van der Waals surface area contributed by atoms with Crippen LogP contribution >= 0.6 is 0 Å². The van der Waals surface area contributed by atoms with Crippen LogP contribution in [0, 0.1) is 0 Å². The van der Waals surface area contributed by atoms with E-state index in [1.165, 1.54) is 0 Å². The molecular formula is C33H28O3. The third-order valence-corrected chi connectivity index (χ3v) is 6.58. The summed E-state index contributed by atoms with van der Waals surface area (Å²) < 4.78 is 18.9. The second-order valence-electron chi connectivity index (χ2n) is 9.74. The van der Waals surface area contributed by atoms with Gasteiger partial charge >= 0.3 is 0 Å². The lowest BCUT2D eigenvalue weighted by Crippen LogP contribution is -2.27. The number of hydrogen-bond donors (Lipinski definition) is 0. The van der Waals surface area contributed by atoms with Gasteiger partial charge < -0.3 is 14.2 Å². The van der Waals surface area contributed by atoms with Crippen molar-refractivity contribution in [1.29, 1.82) is 0 Å². The summed E-state index contributed by atoms with van der Waals surface area (Å²) in [5.41, 5.74) is 7.28. The molecule has 0 saturated carbocycles. The second kappa shape index (κ2) is 9.09. The summed E-state index contributed by atoms with van der Waals surface area (Å²) in [6.07, 6.45) is 6.40. The Morgan fingerprint density at radius 3 is 2.42 bits per heavy atom. The number of benzene rings is 4. The summed E-state index contributed by atoms with van der Waals surface area (Å²) in [6, 6.07) is 31.2. The van der Waals surface area contributed by atoms with Gasteiger partial charge in [0.2, 0.25) is 0 Å². The van der Waals surface area contributed by atoms with Crippen molar-refractivity contribution in [3.8, 4) is 28.4 Å². The molecule has 0 fully saturated rings. The normalized spacial score (nSPS) is 15.1. The van der Waals surface area contributed by atoms with E-state index < -0.39 is 0 Å². The van der Waals surface area contributed by atoms with Gasteiger partial charge in [0.05, 0.1) is 5.56 Å². The molecule has 178 valence electrons. The van der Waals surface area contributed by atoms with Crippen molar-refractivity contribution >= 4 is 17.7 Å². The molecule has 4 aromatic rings. The van der Waals surface area contributed by atoms with E-state index in [-0.39, 0.29) is 5.60 Å². The Hall–Kier alpha value is -4.24. The van der Waals surface area contributed by atoms with E-state index in [1.54, 1.807) is 0 Å². The Morgan fingerprint density at radius 1 is 0.833 bits per heavy atom. The van der Waals surface area contributed by atoms with Crippen LogP contribution < -0.4 is 14.2 Å². The van der Waals surface area contributed by atoms with Crippen LogP contribution in [0.5, 0.6) is 17.2 Å². The first-order valence-corrected chi connectivity index (χ1v) is 12.3. The predicted molar refractivity (Wildman–Crippen MR) is 146 cm³/mol. The van der Waals surface area contributed by atoms with Gasteiger partial charge in [-0.2, -0.15) is 0 Å². The minimum absolute atomic E-state index is 0.317. The van der Waals surface area contributed by atoms with E-state index in [4.69, 9.17) is 14.2 Å². The summed E-state index contributed by atoms with van der Waals surface area (Å²) in [6.45, 7) is 5.08. The van der Waals surface area contributed by atoms with Crippen LogP contribution in [0.1, 0.15) is 36.1 Å². The Kier molecular flexibility index (Phi) is 5.61. The summed E-state index contributed by atoms with van der Waals surface area (Å²) in [4.78, 5) is 0. The smallest absolute Gasteiger partial charge is 0.137 e. The molecule has 2 heterocycles. The van der Waals surface area contributed by atoms with Crippen LogP contribution in [0.15, 0.2) is 97.1 Å². The first-order valence-electron chi connectivity index (χ1n) is 12.3. The Morgan fingerprint density at radius 2 is 1.61 bits per heavy atom. The van der Waals surface area contributed by atoms with Crippen LogP contribution in [0.25, 0.3) is 28.9 Å². The monoisotopic (exact) mass is 472 g/mol. The average molecular weight is 473 g/mol. The van der Waals surface area contributed by atoms with Gasteiger partial charge in [-0.3, -0.25) is 0 Å². The van der Waals surface area contributed by atoms with Gasteiger partial charge in [0, 0.05) is 16.7 Å². The van der Waals surface area contributed by atoms with Crippen molar-refractivity contribution in [3.63, 3.8) is 0 Å². The maximum Gasteiger partial charge on any atom is 0.137 e. The minimum atomic E-state index is -0.317. The summed E-state index contributed by atoms with van der Waals surface area (Å²) in [5, 5.41) is 0. The molecule has 3 nitrogen and oxygen atoms in total. The van der Waals surface area contributed by atoms with E-state index in [1.807, 2.05) is 30.3 Å². The van der Waals surface area contributed by atoms with E-state index in [9.17, 15) is 0 Å². The lowest BCUT2D eigenvalue weighted by molar-refractivity contribution is 0.158. The molecule has 2 aliphatic rings. The molecule has 3 heteroatoms. The van der Waals surface area contributed by atoms with Crippen LogP contribution in [-0.2, 0) is 6.61 Å². The molecule has 0 atom stereocenters. The Labute approximate surface area is 212 Å². The van der Waals surface area contributed by atoms with Gasteiger partial charge in [-0.05, 0) is 67.0 Å². The van der Waals surface area contributed by atoms with Gasteiger partial charge in [-0.25, -0.2) is 0 Å². The van der Waals surface area contributed by atoms with Crippen LogP contribution in [0.2, 0.25) is 0 Å². The molecule has 0 bridgehead atoms. The molecule has 0 saturated heterocycles. The van der Waals surface area contributed by atoms with E-state index in [0.717, 1.165) is 56.2 Å². The number of fused-ring (bicyclic) bond motifs is 3. The third kappa shape index (κ3) is 4.40. The predicted octanol–water partition coefficient (Wildman–Crippen LogP) is 8.05. The molecule has 0 N–H and O–H groups in total.